The van der Waals surface area contributed by atoms with Crippen LogP contribution in [0.3, 0.4) is 0 Å². The lowest BCUT2D eigenvalue weighted by Crippen LogP contribution is -2.49. The number of ether oxygens (including phenoxy) is 1. The number of likely N-dealkylation sites (tertiary alicyclic amines) is 1. The van der Waals surface area contributed by atoms with Crippen molar-refractivity contribution in [2.45, 2.75) is 37.5 Å². The van der Waals surface area contributed by atoms with Gasteiger partial charge in [-0.05, 0) is 18.9 Å². The number of benzene rings is 1. The molecule has 2 aliphatic heterocycles. The number of carbonyl (C=O) groups excluding carboxylic acids is 1. The number of piperidine rings is 1. The number of hydrogen-bond donors (Lipinski definition) is 2. The lowest BCUT2D eigenvalue weighted by atomic mass is 9.87. The number of hydrogen-bond acceptors (Lipinski definition) is 5. The molecule has 1 aromatic rings. The first-order valence-corrected chi connectivity index (χ1v) is 9.18. The van der Waals surface area contributed by atoms with E-state index in [9.17, 15) is 14.3 Å². The van der Waals surface area contributed by atoms with Crippen LogP contribution >= 0.6 is 0 Å². The molecular weight excluding hydrogens is 339 g/mol. The maximum absolute atomic E-state index is 13.9. The van der Waals surface area contributed by atoms with E-state index >= 15 is 0 Å². The topological polar surface area (TPSA) is 73.2 Å². The Labute approximate surface area is 153 Å². The Balaban J connectivity index is 1.59. The van der Waals surface area contributed by atoms with Crippen molar-refractivity contribution in [3.05, 3.63) is 35.6 Å². The summed E-state index contributed by atoms with van der Waals surface area (Å²) in [4.78, 5) is 16.5. The number of amides is 1. The van der Waals surface area contributed by atoms with Gasteiger partial charge < -0.3 is 24.7 Å². The van der Waals surface area contributed by atoms with Crippen LogP contribution in [0, 0.1) is 5.82 Å². The van der Waals surface area contributed by atoms with E-state index in [4.69, 9.17) is 9.84 Å². The number of aliphatic hydroxyl groups excluding tert-OH is 2. The maximum Gasteiger partial charge on any atom is 0.225 e. The molecule has 2 N–H and O–H groups in total. The predicted molar refractivity (Wildman–Crippen MR) is 93.9 cm³/mol. The molecule has 1 amide bonds. The molecule has 7 heteroatoms. The molecule has 0 bridgehead atoms. The van der Waals surface area contributed by atoms with E-state index in [0.29, 0.717) is 44.5 Å². The average Bonchev–Trinajstić information content (AvgIpc) is 2.78. The first-order valence-electron chi connectivity index (χ1n) is 9.18. The molecule has 0 aliphatic carbocycles. The third-order valence-corrected chi connectivity index (χ3v) is 5.36. The van der Waals surface area contributed by atoms with Gasteiger partial charge in [-0.15, -0.1) is 0 Å². The summed E-state index contributed by atoms with van der Waals surface area (Å²) in [7, 11) is 0. The SMILES string of the molecule is O=C1CC2(CCN(CC(O)CO)CC2)OCCN1Cc1ccccc1F. The summed E-state index contributed by atoms with van der Waals surface area (Å²) < 4.78 is 20.0. The summed E-state index contributed by atoms with van der Waals surface area (Å²) in [5.74, 6) is -0.300. The molecular formula is C19H27FN2O4. The van der Waals surface area contributed by atoms with E-state index in [1.54, 1.807) is 23.1 Å². The lowest BCUT2D eigenvalue weighted by Gasteiger charge is -2.40. The molecule has 1 unspecified atom stereocenters. The highest BCUT2D eigenvalue weighted by atomic mass is 19.1. The van der Waals surface area contributed by atoms with Gasteiger partial charge in [-0.1, -0.05) is 18.2 Å². The van der Waals surface area contributed by atoms with Gasteiger partial charge in [0.1, 0.15) is 5.82 Å². The predicted octanol–water partition coefficient (Wildman–Crippen LogP) is 0.762. The van der Waals surface area contributed by atoms with Gasteiger partial charge in [-0.25, -0.2) is 4.39 Å². The Morgan fingerprint density at radius 3 is 2.65 bits per heavy atom. The van der Waals surface area contributed by atoms with E-state index < -0.39 is 11.7 Å². The number of β-amino-alcohol motifs (C(OH)–C–C–N with tert-alkyl or cyclic N) is 1. The summed E-state index contributed by atoms with van der Waals surface area (Å²) in [6.45, 7) is 2.79. The Morgan fingerprint density at radius 2 is 1.96 bits per heavy atom. The van der Waals surface area contributed by atoms with Crippen molar-refractivity contribution in [3.63, 3.8) is 0 Å². The second kappa shape index (κ2) is 8.43. The van der Waals surface area contributed by atoms with Gasteiger partial charge in [0, 0.05) is 38.3 Å². The van der Waals surface area contributed by atoms with Gasteiger partial charge >= 0.3 is 0 Å². The van der Waals surface area contributed by atoms with Gasteiger partial charge in [0.05, 0.1) is 31.3 Å². The highest BCUT2D eigenvalue weighted by Crippen LogP contribution is 2.32. The minimum Gasteiger partial charge on any atom is -0.394 e. The van der Waals surface area contributed by atoms with E-state index in [2.05, 4.69) is 4.90 Å². The van der Waals surface area contributed by atoms with Crippen molar-refractivity contribution in [1.82, 2.24) is 9.80 Å². The molecule has 1 atom stereocenters. The first-order chi connectivity index (χ1) is 12.5. The first kappa shape index (κ1) is 19.2. The third kappa shape index (κ3) is 4.59. The zero-order valence-corrected chi connectivity index (χ0v) is 14.9. The second-order valence-electron chi connectivity index (χ2n) is 7.25. The van der Waals surface area contributed by atoms with Gasteiger partial charge in [0.2, 0.25) is 5.91 Å². The number of aliphatic hydroxyl groups is 2. The van der Waals surface area contributed by atoms with E-state index in [-0.39, 0.29) is 24.9 Å². The van der Waals surface area contributed by atoms with Crippen molar-refractivity contribution in [2.24, 2.45) is 0 Å². The monoisotopic (exact) mass is 366 g/mol. The van der Waals surface area contributed by atoms with E-state index in [1.807, 2.05) is 0 Å². The van der Waals surface area contributed by atoms with Crippen LogP contribution in [0.1, 0.15) is 24.8 Å². The van der Waals surface area contributed by atoms with Crippen molar-refractivity contribution >= 4 is 5.91 Å². The zero-order valence-electron chi connectivity index (χ0n) is 14.9. The largest absolute Gasteiger partial charge is 0.394 e. The Hall–Kier alpha value is -1.54. The Bertz CT molecular complexity index is 619. The standard InChI is InChI=1S/C19H27FN2O4/c20-17-4-2-1-3-15(17)12-22-9-10-26-19(11-18(22)25)5-7-21(8-6-19)13-16(24)14-23/h1-4,16,23-24H,5-14H2. The fourth-order valence-electron chi connectivity index (χ4n) is 3.75. The van der Waals surface area contributed by atoms with Crippen molar-refractivity contribution in [1.29, 1.82) is 0 Å². The maximum atomic E-state index is 13.9. The summed E-state index contributed by atoms with van der Waals surface area (Å²) in [6, 6.07) is 6.53. The Morgan fingerprint density at radius 1 is 1.23 bits per heavy atom. The van der Waals surface area contributed by atoms with Crippen molar-refractivity contribution in [2.75, 3.05) is 39.4 Å². The number of carbonyl (C=O) groups is 1. The van der Waals surface area contributed by atoms with Crippen molar-refractivity contribution < 1.29 is 24.1 Å². The third-order valence-electron chi connectivity index (χ3n) is 5.36. The number of halogens is 1. The molecule has 144 valence electrons. The minimum atomic E-state index is -0.739. The number of nitrogens with zero attached hydrogens (tertiary/aromatic N) is 2. The fourth-order valence-corrected chi connectivity index (χ4v) is 3.75. The highest BCUT2D eigenvalue weighted by Gasteiger charge is 2.40. The number of rotatable bonds is 5. The van der Waals surface area contributed by atoms with Gasteiger partial charge in [-0.3, -0.25) is 4.79 Å². The molecule has 2 fully saturated rings. The molecule has 26 heavy (non-hydrogen) atoms. The minimum absolute atomic E-state index is 0.00500. The second-order valence-corrected chi connectivity index (χ2v) is 7.25. The fraction of sp³-hybridized carbons (Fsp3) is 0.632. The molecule has 1 aromatic carbocycles. The van der Waals surface area contributed by atoms with Crippen LogP contribution in [0.25, 0.3) is 0 Å². The molecule has 1 spiro atoms. The van der Waals surface area contributed by atoms with Crippen LogP contribution in [0.2, 0.25) is 0 Å². The van der Waals surface area contributed by atoms with Crippen LogP contribution in [0.4, 0.5) is 4.39 Å². The molecule has 3 rings (SSSR count). The highest BCUT2D eigenvalue weighted by molar-refractivity contribution is 5.77. The van der Waals surface area contributed by atoms with Crippen LogP contribution in [0.5, 0.6) is 0 Å². The van der Waals surface area contributed by atoms with Gasteiger partial charge in [-0.2, -0.15) is 0 Å². The van der Waals surface area contributed by atoms with Crippen LogP contribution in [-0.4, -0.2) is 77.0 Å². The van der Waals surface area contributed by atoms with Crippen molar-refractivity contribution in [3.8, 4) is 0 Å². The van der Waals surface area contributed by atoms with E-state index in [1.165, 1.54) is 6.07 Å². The lowest BCUT2D eigenvalue weighted by molar-refractivity contribution is -0.136. The molecule has 2 saturated heterocycles. The van der Waals surface area contributed by atoms with Crippen LogP contribution in [0.15, 0.2) is 24.3 Å². The average molecular weight is 366 g/mol. The normalized spacial score (nSPS) is 22.4. The molecule has 6 nitrogen and oxygen atoms in total. The summed E-state index contributed by atoms with van der Waals surface area (Å²) in [5.41, 5.74) is 0.0477. The van der Waals surface area contributed by atoms with Gasteiger partial charge in [0.25, 0.3) is 0 Å². The zero-order chi connectivity index (χ0) is 18.6. The van der Waals surface area contributed by atoms with E-state index in [0.717, 1.165) is 13.1 Å². The smallest absolute Gasteiger partial charge is 0.225 e. The van der Waals surface area contributed by atoms with Crippen LogP contribution < -0.4 is 0 Å². The Kier molecular flexibility index (Phi) is 6.24. The molecule has 2 aliphatic rings. The molecule has 2 heterocycles. The summed E-state index contributed by atoms with van der Waals surface area (Å²) in [5, 5.41) is 18.6. The molecule has 0 saturated carbocycles. The quantitative estimate of drug-likeness (QED) is 0.805. The molecule has 0 radical (unpaired) electrons. The summed E-state index contributed by atoms with van der Waals surface area (Å²) in [6.07, 6.45) is 0.990. The van der Waals surface area contributed by atoms with Crippen LogP contribution in [-0.2, 0) is 16.1 Å². The summed E-state index contributed by atoms with van der Waals surface area (Å²) >= 11 is 0. The van der Waals surface area contributed by atoms with Gasteiger partial charge in [0.15, 0.2) is 0 Å². The molecule has 0 aromatic heterocycles.